The van der Waals surface area contributed by atoms with Gasteiger partial charge in [0.1, 0.15) is 11.6 Å². The van der Waals surface area contributed by atoms with E-state index in [0.29, 0.717) is 6.54 Å². The number of hydrogen-bond donors (Lipinski definition) is 2. The van der Waals surface area contributed by atoms with Gasteiger partial charge in [-0.15, -0.1) is 13.2 Å². The summed E-state index contributed by atoms with van der Waals surface area (Å²) in [5.41, 5.74) is 8.67. The minimum absolute atomic E-state index is 0.260. The summed E-state index contributed by atoms with van der Waals surface area (Å²) in [6.45, 7) is 3.68. The Hall–Kier alpha value is -3.23. The largest absolute Gasteiger partial charge is 0.573 e. The minimum Gasteiger partial charge on any atom is -0.406 e. The van der Waals surface area contributed by atoms with Gasteiger partial charge in [-0.1, -0.05) is 24.3 Å². The summed E-state index contributed by atoms with van der Waals surface area (Å²) < 4.78 is 42.5. The van der Waals surface area contributed by atoms with Crippen molar-refractivity contribution in [1.82, 2.24) is 14.9 Å². The van der Waals surface area contributed by atoms with E-state index < -0.39 is 6.36 Å². The van der Waals surface area contributed by atoms with Gasteiger partial charge in [0.25, 0.3) is 0 Å². The van der Waals surface area contributed by atoms with E-state index in [0.717, 1.165) is 35.4 Å². The van der Waals surface area contributed by atoms with Gasteiger partial charge in [-0.05, 0) is 43.2 Å². The van der Waals surface area contributed by atoms with Gasteiger partial charge in [0, 0.05) is 13.1 Å². The molecule has 0 aliphatic carbocycles. The predicted octanol–water partition coefficient (Wildman–Crippen LogP) is 3.74. The molecule has 0 spiro atoms. The van der Waals surface area contributed by atoms with Crippen molar-refractivity contribution in [2.24, 2.45) is 10.7 Å². The van der Waals surface area contributed by atoms with E-state index in [1.807, 2.05) is 31.2 Å². The lowest BCUT2D eigenvalue weighted by atomic mass is 10.2. The van der Waals surface area contributed by atoms with Crippen LogP contribution in [0.3, 0.4) is 0 Å². The zero-order chi connectivity index (χ0) is 20.9. The van der Waals surface area contributed by atoms with Crippen molar-refractivity contribution in [2.45, 2.75) is 32.8 Å². The first-order chi connectivity index (χ1) is 13.8. The summed E-state index contributed by atoms with van der Waals surface area (Å²) in [6, 6.07) is 13.5. The average Bonchev–Trinajstić information content (AvgIpc) is 2.98. The van der Waals surface area contributed by atoms with Gasteiger partial charge in [-0.25, -0.2) is 9.98 Å². The SMILES string of the molecule is Cc1nc2ccccc2n1CCCNC(N)=NCc1ccc(OC(F)(F)F)cc1. The van der Waals surface area contributed by atoms with E-state index in [9.17, 15) is 13.2 Å². The molecule has 29 heavy (non-hydrogen) atoms. The summed E-state index contributed by atoms with van der Waals surface area (Å²) in [4.78, 5) is 8.74. The summed E-state index contributed by atoms with van der Waals surface area (Å²) in [5, 5.41) is 3.05. The molecule has 2 aromatic carbocycles. The van der Waals surface area contributed by atoms with Crippen LogP contribution < -0.4 is 15.8 Å². The van der Waals surface area contributed by atoms with Crippen LogP contribution in [0.5, 0.6) is 5.75 Å². The molecule has 154 valence electrons. The van der Waals surface area contributed by atoms with Crippen LogP contribution in [0.1, 0.15) is 17.8 Å². The maximum absolute atomic E-state index is 12.2. The molecule has 0 saturated carbocycles. The average molecular weight is 405 g/mol. The lowest BCUT2D eigenvalue weighted by Gasteiger charge is -2.09. The smallest absolute Gasteiger partial charge is 0.406 e. The van der Waals surface area contributed by atoms with Crippen molar-refractivity contribution >= 4 is 17.0 Å². The standard InChI is InChI=1S/C20H22F3N5O/c1-14-27-17-5-2-3-6-18(17)28(14)12-4-11-25-19(24)26-13-15-7-9-16(10-8-15)29-20(21,22)23/h2-3,5-10H,4,11-13H2,1H3,(H3,24,25,26). The van der Waals surface area contributed by atoms with Gasteiger partial charge >= 0.3 is 6.36 Å². The van der Waals surface area contributed by atoms with Gasteiger partial charge in [-0.2, -0.15) is 0 Å². The third kappa shape index (κ3) is 5.87. The number of aryl methyl sites for hydroxylation is 2. The fraction of sp³-hybridized carbons (Fsp3) is 0.300. The Morgan fingerprint density at radius 1 is 1.17 bits per heavy atom. The van der Waals surface area contributed by atoms with Crippen molar-refractivity contribution < 1.29 is 17.9 Å². The monoisotopic (exact) mass is 405 g/mol. The number of guanidine groups is 1. The van der Waals surface area contributed by atoms with Crippen molar-refractivity contribution in [1.29, 1.82) is 0 Å². The second-order valence-electron chi connectivity index (χ2n) is 6.47. The molecular formula is C20H22F3N5O. The van der Waals surface area contributed by atoms with Crippen LogP contribution >= 0.6 is 0 Å². The van der Waals surface area contributed by atoms with Crippen LogP contribution in [0.4, 0.5) is 13.2 Å². The highest BCUT2D eigenvalue weighted by Gasteiger charge is 2.30. The fourth-order valence-electron chi connectivity index (χ4n) is 2.96. The normalized spacial score (nSPS) is 12.3. The second-order valence-corrected chi connectivity index (χ2v) is 6.47. The molecule has 0 aliphatic rings. The number of benzene rings is 2. The number of halogens is 3. The third-order valence-corrected chi connectivity index (χ3v) is 4.30. The molecule has 0 atom stereocenters. The highest BCUT2D eigenvalue weighted by Crippen LogP contribution is 2.22. The van der Waals surface area contributed by atoms with Crippen molar-refractivity contribution in [3.8, 4) is 5.75 Å². The number of aliphatic imine (C=N–C) groups is 1. The molecule has 0 fully saturated rings. The molecule has 0 bridgehead atoms. The predicted molar refractivity (Wildman–Crippen MR) is 106 cm³/mol. The fourth-order valence-corrected chi connectivity index (χ4v) is 2.96. The van der Waals surface area contributed by atoms with Gasteiger partial charge in [0.05, 0.1) is 17.6 Å². The third-order valence-electron chi connectivity index (χ3n) is 4.30. The molecule has 0 unspecified atom stereocenters. The van der Waals surface area contributed by atoms with Gasteiger partial charge in [0.15, 0.2) is 5.96 Å². The summed E-state index contributed by atoms with van der Waals surface area (Å²) in [6.07, 6.45) is -3.86. The first kappa shape index (κ1) is 20.5. The number of fused-ring (bicyclic) bond motifs is 1. The Morgan fingerprint density at radius 2 is 1.90 bits per heavy atom. The molecule has 0 saturated heterocycles. The lowest BCUT2D eigenvalue weighted by Crippen LogP contribution is -2.32. The van der Waals surface area contributed by atoms with Crippen LogP contribution in [-0.2, 0) is 13.1 Å². The van der Waals surface area contributed by atoms with Crippen LogP contribution in [0.2, 0.25) is 0 Å². The highest BCUT2D eigenvalue weighted by molar-refractivity contribution is 5.77. The Balaban J connectivity index is 1.45. The Kier molecular flexibility index (Phi) is 6.26. The zero-order valence-electron chi connectivity index (χ0n) is 15.9. The maximum atomic E-state index is 12.2. The first-order valence-corrected chi connectivity index (χ1v) is 9.12. The van der Waals surface area contributed by atoms with Gasteiger partial charge in [0.2, 0.25) is 0 Å². The topological polar surface area (TPSA) is 77.5 Å². The van der Waals surface area contributed by atoms with E-state index in [4.69, 9.17) is 5.73 Å². The summed E-state index contributed by atoms with van der Waals surface area (Å²) in [7, 11) is 0. The first-order valence-electron chi connectivity index (χ1n) is 9.12. The number of nitrogens with one attached hydrogen (secondary N) is 1. The van der Waals surface area contributed by atoms with Crippen LogP contribution in [-0.4, -0.2) is 28.4 Å². The number of ether oxygens (including phenoxy) is 1. The van der Waals surface area contributed by atoms with E-state index in [2.05, 4.69) is 24.6 Å². The molecule has 0 amide bonds. The summed E-state index contributed by atoms with van der Waals surface area (Å²) in [5.74, 6) is 0.984. The number of hydrogen-bond acceptors (Lipinski definition) is 3. The van der Waals surface area contributed by atoms with Crippen molar-refractivity contribution in [3.63, 3.8) is 0 Å². The summed E-state index contributed by atoms with van der Waals surface area (Å²) >= 11 is 0. The number of aromatic nitrogens is 2. The number of rotatable bonds is 7. The minimum atomic E-state index is -4.70. The number of alkyl halides is 3. The molecule has 1 heterocycles. The lowest BCUT2D eigenvalue weighted by molar-refractivity contribution is -0.274. The van der Waals surface area contributed by atoms with E-state index >= 15 is 0 Å². The quantitative estimate of drug-likeness (QED) is 0.357. The number of para-hydroxylation sites is 2. The molecule has 6 nitrogen and oxygen atoms in total. The van der Waals surface area contributed by atoms with E-state index in [-0.39, 0.29) is 18.3 Å². The number of nitrogens with two attached hydrogens (primary N) is 1. The van der Waals surface area contributed by atoms with Gasteiger partial charge < -0.3 is 20.4 Å². The molecule has 0 radical (unpaired) electrons. The molecule has 3 rings (SSSR count). The van der Waals surface area contributed by atoms with E-state index in [1.165, 1.54) is 24.3 Å². The molecular weight excluding hydrogens is 383 g/mol. The Bertz CT molecular complexity index is 980. The van der Waals surface area contributed by atoms with Crippen molar-refractivity contribution in [2.75, 3.05) is 6.54 Å². The number of nitrogens with zero attached hydrogens (tertiary/aromatic N) is 3. The van der Waals surface area contributed by atoms with Crippen LogP contribution in [0.15, 0.2) is 53.5 Å². The van der Waals surface area contributed by atoms with Crippen molar-refractivity contribution in [3.05, 3.63) is 59.9 Å². The highest BCUT2D eigenvalue weighted by atomic mass is 19.4. The van der Waals surface area contributed by atoms with Crippen LogP contribution in [0.25, 0.3) is 11.0 Å². The Morgan fingerprint density at radius 3 is 2.62 bits per heavy atom. The molecule has 9 heteroatoms. The molecule has 3 aromatic rings. The molecule has 1 aromatic heterocycles. The molecule has 0 aliphatic heterocycles. The van der Waals surface area contributed by atoms with Crippen LogP contribution in [0, 0.1) is 6.92 Å². The second kappa shape index (κ2) is 8.85. The number of imidazole rings is 1. The molecule has 3 N–H and O–H groups in total. The zero-order valence-corrected chi connectivity index (χ0v) is 15.9. The van der Waals surface area contributed by atoms with E-state index in [1.54, 1.807) is 0 Å². The van der Waals surface area contributed by atoms with Gasteiger partial charge in [-0.3, -0.25) is 0 Å². The Labute approximate surface area is 166 Å². The maximum Gasteiger partial charge on any atom is 0.573 e.